The molecule has 2 heteroatoms. The van der Waals surface area contributed by atoms with E-state index in [1.807, 2.05) is 0 Å². The Morgan fingerprint density at radius 1 is 1.50 bits per heavy atom. The van der Waals surface area contributed by atoms with Crippen molar-refractivity contribution in [2.45, 2.75) is 26.3 Å². The molecule has 8 heavy (non-hydrogen) atoms. The number of hydrogen-bond donors (Lipinski definition) is 0. The Morgan fingerprint density at radius 2 is 2.12 bits per heavy atom. The van der Waals surface area contributed by atoms with Gasteiger partial charge in [-0.1, -0.05) is 16.3 Å². The maximum Gasteiger partial charge on any atom is 0.0104 e. The van der Waals surface area contributed by atoms with Gasteiger partial charge in [-0.3, -0.25) is 4.67 Å². The van der Waals surface area contributed by atoms with Crippen molar-refractivity contribution < 1.29 is 0 Å². The third kappa shape index (κ3) is 1.21. The van der Waals surface area contributed by atoms with Crippen molar-refractivity contribution in [3.8, 4) is 0 Å². The van der Waals surface area contributed by atoms with Crippen molar-refractivity contribution in [2.75, 3.05) is 6.54 Å². The molecule has 0 amide bonds. The minimum atomic E-state index is 0.787. The zero-order valence-electron chi connectivity index (χ0n) is 5.59. The fourth-order valence-electron chi connectivity index (χ4n) is 1.33. The highest BCUT2D eigenvalue weighted by molar-refractivity contribution is 7.13. The van der Waals surface area contributed by atoms with E-state index in [0.29, 0.717) is 0 Å². The molecule has 0 aromatic heterocycles. The van der Waals surface area contributed by atoms with Crippen LogP contribution in [0.3, 0.4) is 0 Å². The van der Waals surface area contributed by atoms with Crippen molar-refractivity contribution >= 4 is 9.39 Å². The van der Waals surface area contributed by atoms with Gasteiger partial charge in [0.25, 0.3) is 0 Å². The first-order valence-corrected chi connectivity index (χ1v) is 3.73. The van der Waals surface area contributed by atoms with Crippen molar-refractivity contribution in [3.63, 3.8) is 0 Å². The van der Waals surface area contributed by atoms with Gasteiger partial charge in [-0.2, -0.15) is 0 Å². The summed E-state index contributed by atoms with van der Waals surface area (Å²) in [6.45, 7) is 5.84. The standard InChI is InChI=1S/C6H14NP/c1-5-3-6(2)7(8)4-5/h5-6H,3-4,8H2,1-2H3/t5-,6-/m1/s1. The van der Waals surface area contributed by atoms with Gasteiger partial charge in [-0.05, 0) is 19.3 Å². The first kappa shape index (κ1) is 6.51. The van der Waals surface area contributed by atoms with Crippen LogP contribution in [0.4, 0.5) is 0 Å². The average molecular weight is 131 g/mol. The minimum Gasteiger partial charge on any atom is -0.284 e. The molecule has 1 saturated heterocycles. The van der Waals surface area contributed by atoms with Gasteiger partial charge in [0.05, 0.1) is 0 Å². The van der Waals surface area contributed by atoms with Gasteiger partial charge < -0.3 is 0 Å². The lowest BCUT2D eigenvalue weighted by Crippen LogP contribution is -2.14. The average Bonchev–Trinajstić information content (AvgIpc) is 1.85. The summed E-state index contributed by atoms with van der Waals surface area (Å²) < 4.78 is 2.34. The van der Waals surface area contributed by atoms with Crippen LogP contribution in [-0.4, -0.2) is 17.3 Å². The Morgan fingerprint density at radius 3 is 2.25 bits per heavy atom. The fourth-order valence-corrected chi connectivity index (χ4v) is 1.81. The van der Waals surface area contributed by atoms with E-state index in [9.17, 15) is 0 Å². The van der Waals surface area contributed by atoms with Crippen molar-refractivity contribution in [3.05, 3.63) is 0 Å². The fraction of sp³-hybridized carbons (Fsp3) is 1.00. The molecule has 1 fully saturated rings. The zero-order valence-corrected chi connectivity index (χ0v) is 6.75. The molecule has 1 heterocycles. The largest absolute Gasteiger partial charge is 0.284 e. The lowest BCUT2D eigenvalue weighted by Gasteiger charge is -2.11. The van der Waals surface area contributed by atoms with E-state index >= 15 is 0 Å². The predicted octanol–water partition coefficient (Wildman–Crippen LogP) is 1.51. The SMILES string of the molecule is C[C@@H]1C[C@@H](C)N(P)C1. The van der Waals surface area contributed by atoms with Gasteiger partial charge in [-0.25, -0.2) is 0 Å². The highest BCUT2D eigenvalue weighted by Gasteiger charge is 2.21. The molecule has 0 saturated carbocycles. The number of hydrogen-bond acceptors (Lipinski definition) is 1. The van der Waals surface area contributed by atoms with E-state index < -0.39 is 0 Å². The molecule has 0 aromatic carbocycles. The van der Waals surface area contributed by atoms with Crippen LogP contribution in [0.5, 0.6) is 0 Å². The quantitative estimate of drug-likeness (QED) is 0.450. The molecule has 0 aromatic rings. The summed E-state index contributed by atoms with van der Waals surface area (Å²) in [6, 6.07) is 0.787. The first-order valence-electron chi connectivity index (χ1n) is 3.21. The van der Waals surface area contributed by atoms with Gasteiger partial charge >= 0.3 is 0 Å². The summed E-state index contributed by atoms with van der Waals surface area (Å²) in [5.41, 5.74) is 0. The molecule has 3 atom stereocenters. The maximum atomic E-state index is 2.77. The zero-order chi connectivity index (χ0) is 6.15. The van der Waals surface area contributed by atoms with E-state index in [-0.39, 0.29) is 0 Å². The van der Waals surface area contributed by atoms with Gasteiger partial charge in [0.2, 0.25) is 0 Å². The molecule has 0 bridgehead atoms. The van der Waals surface area contributed by atoms with Gasteiger partial charge in [-0.15, -0.1) is 0 Å². The smallest absolute Gasteiger partial charge is 0.0104 e. The van der Waals surface area contributed by atoms with Crippen LogP contribution >= 0.6 is 9.39 Å². The molecule has 0 aliphatic carbocycles. The van der Waals surface area contributed by atoms with Crippen LogP contribution in [0.1, 0.15) is 20.3 Å². The molecule has 1 unspecified atom stereocenters. The molecule has 1 rings (SSSR count). The van der Waals surface area contributed by atoms with Crippen molar-refractivity contribution in [2.24, 2.45) is 5.92 Å². The Labute approximate surface area is 53.7 Å². The van der Waals surface area contributed by atoms with Crippen LogP contribution in [0.2, 0.25) is 0 Å². The Kier molecular flexibility index (Phi) is 1.89. The second-order valence-electron chi connectivity index (χ2n) is 2.89. The van der Waals surface area contributed by atoms with Crippen molar-refractivity contribution in [1.29, 1.82) is 0 Å². The van der Waals surface area contributed by atoms with Gasteiger partial charge in [0.15, 0.2) is 0 Å². The Hall–Kier alpha value is 0.390. The highest BCUT2D eigenvalue weighted by Crippen LogP contribution is 2.24. The first-order chi connectivity index (χ1) is 3.70. The third-order valence-corrected chi connectivity index (χ3v) is 2.55. The summed E-state index contributed by atoms with van der Waals surface area (Å²) in [5.74, 6) is 0.905. The molecule has 0 spiro atoms. The summed E-state index contributed by atoms with van der Waals surface area (Å²) >= 11 is 0. The van der Waals surface area contributed by atoms with Gasteiger partial charge in [0.1, 0.15) is 0 Å². The summed E-state index contributed by atoms with van der Waals surface area (Å²) in [7, 11) is 2.77. The molecule has 1 nitrogen and oxygen atoms in total. The highest BCUT2D eigenvalue weighted by atomic mass is 31.0. The van der Waals surface area contributed by atoms with E-state index in [0.717, 1.165) is 12.0 Å². The van der Waals surface area contributed by atoms with E-state index in [1.165, 1.54) is 13.0 Å². The van der Waals surface area contributed by atoms with E-state index in [4.69, 9.17) is 0 Å². The van der Waals surface area contributed by atoms with Crippen LogP contribution in [0.15, 0.2) is 0 Å². The normalized spacial score (nSPS) is 40.9. The lowest BCUT2D eigenvalue weighted by molar-refractivity contribution is 0.464. The van der Waals surface area contributed by atoms with Gasteiger partial charge in [0, 0.05) is 12.6 Å². The van der Waals surface area contributed by atoms with Crippen LogP contribution in [0.25, 0.3) is 0 Å². The topological polar surface area (TPSA) is 3.24 Å². The molecular formula is C6H14NP. The van der Waals surface area contributed by atoms with Crippen LogP contribution in [0, 0.1) is 5.92 Å². The lowest BCUT2D eigenvalue weighted by atomic mass is 10.1. The summed E-state index contributed by atoms with van der Waals surface area (Å²) in [4.78, 5) is 0. The maximum absolute atomic E-state index is 2.77. The third-order valence-electron chi connectivity index (χ3n) is 1.83. The molecule has 1 aliphatic heterocycles. The predicted molar refractivity (Wildman–Crippen MR) is 39.7 cm³/mol. The second-order valence-corrected chi connectivity index (χ2v) is 3.55. The summed E-state index contributed by atoms with van der Waals surface area (Å²) in [5, 5.41) is 0. The summed E-state index contributed by atoms with van der Waals surface area (Å²) in [6.07, 6.45) is 1.36. The van der Waals surface area contributed by atoms with Crippen molar-refractivity contribution in [1.82, 2.24) is 4.67 Å². The Bertz CT molecular complexity index is 74.6. The second kappa shape index (κ2) is 2.33. The molecular weight excluding hydrogens is 117 g/mol. The number of nitrogens with zero attached hydrogens (tertiary/aromatic N) is 1. The monoisotopic (exact) mass is 131 g/mol. The number of rotatable bonds is 0. The molecule has 0 radical (unpaired) electrons. The van der Waals surface area contributed by atoms with Crippen LogP contribution in [-0.2, 0) is 0 Å². The minimum absolute atomic E-state index is 0.787. The Balaban J connectivity index is 2.39. The van der Waals surface area contributed by atoms with E-state index in [1.54, 1.807) is 0 Å². The van der Waals surface area contributed by atoms with Crippen LogP contribution < -0.4 is 0 Å². The molecule has 0 N–H and O–H groups in total. The molecule has 1 aliphatic rings. The van der Waals surface area contributed by atoms with E-state index in [2.05, 4.69) is 27.9 Å². The molecule has 48 valence electrons.